The van der Waals surface area contributed by atoms with Crippen LogP contribution in [0.5, 0.6) is 17.2 Å². The van der Waals surface area contributed by atoms with E-state index in [0.717, 1.165) is 157 Å². The van der Waals surface area contributed by atoms with Gasteiger partial charge in [0.2, 0.25) is 47.4 Å². The van der Waals surface area contributed by atoms with E-state index in [0.29, 0.717) is 110 Å². The summed E-state index contributed by atoms with van der Waals surface area (Å²) in [5.41, 5.74) is 12.7. The second-order valence-corrected chi connectivity index (χ2v) is 35.7. The van der Waals surface area contributed by atoms with Gasteiger partial charge in [0, 0.05) is 192 Å². The Labute approximate surface area is 854 Å². The number of phenolic OH excluding ortho intramolecular Hbond substituents is 1. The van der Waals surface area contributed by atoms with Gasteiger partial charge in [-0.15, -0.1) is 0 Å². The predicted molar refractivity (Wildman–Crippen MR) is 591 cm³/mol. The van der Waals surface area contributed by atoms with Crippen LogP contribution in [0, 0.1) is 0 Å². The second kappa shape index (κ2) is 49.1. The minimum Gasteiger partial charge on any atom is -0.506 e. The summed E-state index contributed by atoms with van der Waals surface area (Å²) in [4.78, 5) is 105. The first-order valence-electron chi connectivity index (χ1n) is 48.0. The molecule has 0 radical (unpaired) electrons. The maximum Gasteiger partial charge on any atom is 0.247 e. The topological polar surface area (TPSA) is 375 Å². The molecule has 0 saturated carbocycles. The molecule has 2 aliphatic heterocycles. The smallest absolute Gasteiger partial charge is 0.247 e. The summed E-state index contributed by atoms with van der Waals surface area (Å²) < 4.78 is 19.5. The fraction of sp³-hybridized carbons (Fsp3) is 0.236. The Morgan fingerprint density at radius 2 is 0.687 bits per heavy atom. The quantitative estimate of drug-likeness (QED) is 0.00990. The van der Waals surface area contributed by atoms with Crippen molar-refractivity contribution in [2.45, 2.75) is 6.61 Å². The summed E-state index contributed by atoms with van der Waals surface area (Å²) in [7, 11) is 21.4. The first-order valence-corrected chi connectivity index (χ1v) is 48.0. The van der Waals surface area contributed by atoms with Crippen molar-refractivity contribution in [2.75, 3.05) is 231 Å². The summed E-state index contributed by atoms with van der Waals surface area (Å²) in [6, 6.07) is 62.5. The van der Waals surface area contributed by atoms with Crippen molar-refractivity contribution in [3.05, 3.63) is 300 Å². The maximum absolute atomic E-state index is 12.4. The Balaban J connectivity index is 0.000000147. The lowest BCUT2D eigenvalue weighted by atomic mass is 10.1. The molecule has 2 fully saturated rings. The van der Waals surface area contributed by atoms with Gasteiger partial charge in [-0.3, -0.25) is 24.1 Å². The number of nitrogens with one attached hydrogen (secondary N) is 8. The molecule has 0 unspecified atom stereocenters. The number of anilines is 16. The van der Waals surface area contributed by atoms with Gasteiger partial charge in [-0.2, -0.15) is 19.9 Å². The minimum atomic E-state index is -0.346. The van der Waals surface area contributed by atoms with Gasteiger partial charge in [0.25, 0.3) is 0 Å². The third-order valence-electron chi connectivity index (χ3n) is 25.0. The monoisotopic (exact) mass is 1980 g/mol. The van der Waals surface area contributed by atoms with Crippen LogP contribution in [0.3, 0.4) is 0 Å². The van der Waals surface area contributed by atoms with E-state index in [1.165, 1.54) is 24.3 Å². The number of carbonyl (C=O) groups is 4. The molecule has 37 heteroatoms. The van der Waals surface area contributed by atoms with Crippen molar-refractivity contribution in [1.82, 2.24) is 82.6 Å². The molecule has 37 nitrogen and oxygen atoms in total. The molecule has 0 atom stereocenters. The highest BCUT2D eigenvalue weighted by molar-refractivity contribution is 6.05. The molecule has 2 aliphatic rings. The molecule has 8 aromatic heterocycles. The summed E-state index contributed by atoms with van der Waals surface area (Å²) in [6.45, 7) is 26.7. The summed E-state index contributed by atoms with van der Waals surface area (Å²) in [5.74, 6) is 4.37. The highest BCUT2D eigenvalue weighted by atomic mass is 16.5. The number of aromatic hydroxyl groups is 1. The van der Waals surface area contributed by atoms with Crippen molar-refractivity contribution < 1.29 is 38.9 Å². The van der Waals surface area contributed by atoms with Crippen LogP contribution >= 0.6 is 0 Å². The van der Waals surface area contributed by atoms with E-state index < -0.39 is 0 Å². The number of para-hydroxylation sites is 4. The number of hydrogen-bond acceptors (Lipinski definition) is 29. The average molecular weight is 1980 g/mol. The van der Waals surface area contributed by atoms with Crippen molar-refractivity contribution in [3.63, 3.8) is 0 Å². The zero-order valence-electron chi connectivity index (χ0n) is 84.6. The Hall–Kier alpha value is -17.4. The molecule has 0 spiro atoms. The Kier molecular flexibility index (Phi) is 34.7. The van der Waals surface area contributed by atoms with Gasteiger partial charge in [-0.1, -0.05) is 99.1 Å². The third-order valence-corrected chi connectivity index (χ3v) is 25.0. The zero-order valence-corrected chi connectivity index (χ0v) is 84.6. The fourth-order valence-electron chi connectivity index (χ4n) is 16.8. The van der Waals surface area contributed by atoms with E-state index in [1.807, 2.05) is 236 Å². The van der Waals surface area contributed by atoms with E-state index in [1.54, 1.807) is 57.2 Å². The average Bonchev–Trinajstić information content (AvgIpc) is 1.79. The van der Waals surface area contributed by atoms with E-state index in [-0.39, 0.29) is 36.0 Å². The largest absolute Gasteiger partial charge is 0.506 e. The number of ether oxygens (including phenoxy) is 2. The van der Waals surface area contributed by atoms with E-state index >= 15 is 0 Å². The lowest BCUT2D eigenvalue weighted by Crippen LogP contribution is -2.46. The number of hydrogen-bond donors (Lipinski definition) is 10. The highest BCUT2D eigenvalue weighted by Gasteiger charge is 2.26. The molecule has 0 aliphatic carbocycles. The molecule has 147 heavy (non-hydrogen) atoms. The van der Waals surface area contributed by atoms with E-state index in [4.69, 9.17) is 19.4 Å². The number of nitrogens with zero attached hydrogens (tertiary/aromatic N) is 21. The van der Waals surface area contributed by atoms with Crippen LogP contribution in [-0.4, -0.2) is 286 Å². The number of rotatable bonds is 36. The first-order chi connectivity index (χ1) is 71.2. The number of methoxy groups -OCH3 is 2. The van der Waals surface area contributed by atoms with Gasteiger partial charge < -0.3 is 120 Å². The molecule has 10 heterocycles. The van der Waals surface area contributed by atoms with Crippen molar-refractivity contribution >= 4 is 159 Å². The Bertz CT molecular complexity index is 7360. The third kappa shape index (κ3) is 26.4. The molecule has 18 rings (SSSR count). The summed E-state index contributed by atoms with van der Waals surface area (Å²) in [6.07, 6.45) is 19.6. The molecule has 8 aromatic carbocycles. The number of fused-ring (bicyclic) bond motifs is 4. The minimum absolute atomic E-state index is 0.00808. The number of likely N-dealkylation sites (N-methyl/N-ethyl adjacent to an activating group) is 7. The molecule has 2 saturated heterocycles. The molecular formula is C110H125N29O8. The number of piperazine rings is 2. The molecule has 758 valence electrons. The zero-order chi connectivity index (χ0) is 104. The fourth-order valence-corrected chi connectivity index (χ4v) is 16.8. The van der Waals surface area contributed by atoms with Crippen LogP contribution in [0.25, 0.3) is 66.9 Å². The number of aliphatic hydroxyl groups excluding tert-OH is 1. The number of carbonyl (C=O) groups excluding carboxylic acids is 4. The van der Waals surface area contributed by atoms with E-state index in [2.05, 4.69) is 190 Å². The Morgan fingerprint density at radius 3 is 1.06 bits per heavy atom. The van der Waals surface area contributed by atoms with Gasteiger partial charge in [0.1, 0.15) is 40.5 Å². The summed E-state index contributed by atoms with van der Waals surface area (Å²) >= 11 is 0. The van der Waals surface area contributed by atoms with Crippen LogP contribution in [0.4, 0.5) is 92.0 Å². The van der Waals surface area contributed by atoms with Gasteiger partial charge in [-0.25, -0.2) is 19.9 Å². The molecule has 0 bridgehead atoms. The van der Waals surface area contributed by atoms with Gasteiger partial charge >= 0.3 is 0 Å². The normalized spacial score (nSPS) is 12.6. The summed E-state index contributed by atoms with van der Waals surface area (Å²) in [5, 5.41) is 49.9. The lowest BCUT2D eigenvalue weighted by molar-refractivity contribution is -0.112. The SMILES string of the molecule is C=CC(=O)Nc1cc(Nc2nccc(-n3ccc4ccccc43)n2)c(CO)cc1N(C)CCN(C)C.C=CC(=O)Nc1cc(Nc2nccc(-n3ccc4ccccc43)n2)c(O)cc1N(C)CCN(C)C.C=CC(=O)Nc1cc(Nc2nccc(-n3ccc4ccccc43)n2)c(OC)cc1N(C)CCN1CCN(C)CC1.C=CC(=O)Nc1cc(Nc2nccc(-n3ccc4ccccc43)n2)c(OC)cc1N1CCN(C)CC1. The van der Waals surface area contributed by atoms with Crippen molar-refractivity contribution in [2.24, 2.45) is 0 Å². The molecule has 4 amide bonds. The number of amides is 4. The lowest BCUT2D eigenvalue weighted by Gasteiger charge is -2.35. The predicted octanol–water partition coefficient (Wildman–Crippen LogP) is 15.8. The van der Waals surface area contributed by atoms with Crippen LogP contribution in [0.15, 0.2) is 294 Å². The maximum atomic E-state index is 12.4. The number of aromatic nitrogens is 12. The second-order valence-electron chi connectivity index (χ2n) is 35.7. The molecule has 10 N–H and O–H groups in total. The Morgan fingerprint density at radius 1 is 0.367 bits per heavy atom. The number of benzene rings is 8. The van der Waals surface area contributed by atoms with Crippen LogP contribution in [0.2, 0.25) is 0 Å². The number of aliphatic hydroxyl groups is 1. The number of phenols is 1. The first kappa shape index (κ1) is 104. The molecular weight excluding hydrogens is 1860 g/mol. The van der Waals surface area contributed by atoms with Gasteiger partial charge in [-0.05, 0) is 191 Å². The van der Waals surface area contributed by atoms with Gasteiger partial charge in [0.15, 0.2) is 0 Å². The van der Waals surface area contributed by atoms with Crippen molar-refractivity contribution in [3.8, 4) is 40.5 Å². The van der Waals surface area contributed by atoms with Crippen LogP contribution in [0.1, 0.15) is 5.56 Å². The standard InChI is InChI=1S/C30H36N8O2.C27H29N7O2.C27H31N7O2.C26H29N7O2/c1-5-29(39)32-23-20-24(27(40-4)21-26(23)36(3)16-19-37-17-14-35(2)15-18-37)33-30-31-12-10-28(34-30)38-13-11-22-8-6-7-9-25(22)38;1-4-26(35)29-20-17-21(24(36-3)18-23(20)33-15-13-32(2)14-16-33)30-27-28-11-9-25(31-27)34-12-10-19-7-5-6-8-22(19)34;1-5-26(36)29-22-17-21(20(18-35)16-24(22)33(4)15-14-32(2)3)30-27-28-12-10-25(31-27)34-13-11-19-8-6-7-9-23(19)34;1-5-25(35)28-19-16-20(23(34)17-22(19)32(4)15-14-31(2)3)29-26-27-12-10-24(30-26)33-13-11-18-8-6-7-9-21(18)33/h5-13,20-21H,1,14-19H2,2-4H3,(H,32,39)(H,31,33,34);4-12,17-18H,1,13-16H2,2-3H3,(H,29,35)(H,28,30,31);5-13,16-17,35H,1,14-15,18H2,2-4H3,(H,29,36)(H,28,30,31);5-13,16-17,34H,1,14-15H2,2-4H3,(H,28,35)(H,27,29,30). The van der Waals surface area contributed by atoms with E-state index in [9.17, 15) is 29.4 Å². The van der Waals surface area contributed by atoms with Crippen LogP contribution in [-0.2, 0) is 25.8 Å². The van der Waals surface area contributed by atoms with Gasteiger partial charge in [0.05, 0.1) is 105 Å². The highest BCUT2D eigenvalue weighted by Crippen LogP contribution is 2.43. The van der Waals surface area contributed by atoms with Crippen LogP contribution < -0.4 is 71.6 Å². The molecule has 16 aromatic rings. The van der Waals surface area contributed by atoms with Crippen molar-refractivity contribution in [1.29, 1.82) is 0 Å².